The fourth-order valence-electron chi connectivity index (χ4n) is 2.36. The molecule has 0 radical (unpaired) electrons. The van der Waals surface area contributed by atoms with E-state index in [9.17, 15) is 9.59 Å². The molecule has 7 heteroatoms. The van der Waals surface area contributed by atoms with Gasteiger partial charge in [-0.1, -0.05) is 0 Å². The van der Waals surface area contributed by atoms with E-state index in [1.54, 1.807) is 24.1 Å². The van der Waals surface area contributed by atoms with Gasteiger partial charge >= 0.3 is 5.97 Å². The summed E-state index contributed by atoms with van der Waals surface area (Å²) in [4.78, 5) is 23.3. The smallest absolute Gasteiger partial charge is 0.314 e. The number of anilines is 1. The van der Waals surface area contributed by atoms with Crippen molar-refractivity contribution in [1.29, 1.82) is 0 Å². The Morgan fingerprint density at radius 3 is 2.81 bits per heavy atom. The van der Waals surface area contributed by atoms with Crippen molar-refractivity contribution in [3.05, 3.63) is 12.4 Å². The van der Waals surface area contributed by atoms with Crippen LogP contribution in [0.4, 0.5) is 5.69 Å². The molecule has 0 saturated heterocycles. The Morgan fingerprint density at radius 1 is 1.52 bits per heavy atom. The van der Waals surface area contributed by atoms with E-state index in [1.165, 1.54) is 0 Å². The number of ether oxygens (including phenoxy) is 1. The average molecular weight is 294 g/mol. The van der Waals surface area contributed by atoms with Crippen LogP contribution in [-0.2, 0) is 20.9 Å². The van der Waals surface area contributed by atoms with Crippen LogP contribution in [0, 0.1) is 5.41 Å². The lowest BCUT2D eigenvalue weighted by Gasteiger charge is -2.22. The zero-order valence-electron chi connectivity index (χ0n) is 12.7. The fourth-order valence-corrected chi connectivity index (χ4v) is 2.36. The van der Waals surface area contributed by atoms with Crippen molar-refractivity contribution in [3.8, 4) is 0 Å². The largest absolute Gasteiger partial charge is 0.466 e. The second kappa shape index (κ2) is 6.15. The van der Waals surface area contributed by atoms with Crippen molar-refractivity contribution < 1.29 is 14.3 Å². The molecule has 1 aromatic heterocycles. The molecule has 1 aromatic rings. The van der Waals surface area contributed by atoms with Gasteiger partial charge in [0.2, 0.25) is 5.91 Å². The lowest BCUT2D eigenvalue weighted by Crippen LogP contribution is -2.35. The van der Waals surface area contributed by atoms with Crippen molar-refractivity contribution in [1.82, 2.24) is 15.1 Å². The van der Waals surface area contributed by atoms with E-state index >= 15 is 0 Å². The molecule has 0 aromatic carbocycles. The molecule has 1 amide bonds. The normalized spacial score (nSPS) is 16.9. The van der Waals surface area contributed by atoms with Crippen molar-refractivity contribution >= 4 is 17.6 Å². The highest BCUT2D eigenvalue weighted by Crippen LogP contribution is 2.50. The first-order valence-corrected chi connectivity index (χ1v) is 7.18. The van der Waals surface area contributed by atoms with Gasteiger partial charge < -0.3 is 15.4 Å². The standard InChI is InChI=1S/C14H22N4O3/c1-4-21-13(20)14(5-6-14)10(2)17-11-7-16-18(8-11)9-12(19)15-3/h7-8,10,17H,4-6,9H2,1-3H3,(H,15,19). The van der Waals surface area contributed by atoms with E-state index in [0.717, 1.165) is 18.5 Å². The molecule has 116 valence electrons. The van der Waals surface area contributed by atoms with Gasteiger partial charge in [0.05, 0.1) is 23.9 Å². The number of amides is 1. The maximum atomic E-state index is 12.0. The maximum absolute atomic E-state index is 12.0. The van der Waals surface area contributed by atoms with Gasteiger partial charge in [0.15, 0.2) is 0 Å². The van der Waals surface area contributed by atoms with Crippen LogP contribution in [0.2, 0.25) is 0 Å². The Bertz CT molecular complexity index is 522. The summed E-state index contributed by atoms with van der Waals surface area (Å²) in [7, 11) is 1.59. The quantitative estimate of drug-likeness (QED) is 0.726. The van der Waals surface area contributed by atoms with E-state index in [4.69, 9.17) is 4.74 Å². The maximum Gasteiger partial charge on any atom is 0.314 e. The number of aromatic nitrogens is 2. The highest BCUT2D eigenvalue weighted by molar-refractivity contribution is 5.81. The molecule has 1 fully saturated rings. The molecule has 1 aliphatic carbocycles. The molecule has 0 aliphatic heterocycles. The predicted octanol–water partition coefficient (Wildman–Crippen LogP) is 0.773. The molecule has 1 atom stereocenters. The molecule has 1 saturated carbocycles. The van der Waals surface area contributed by atoms with Crippen LogP contribution in [0.15, 0.2) is 12.4 Å². The topological polar surface area (TPSA) is 85.2 Å². The van der Waals surface area contributed by atoms with Crippen LogP contribution in [-0.4, -0.2) is 41.4 Å². The second-order valence-electron chi connectivity index (χ2n) is 5.34. The number of hydrogen-bond donors (Lipinski definition) is 2. The van der Waals surface area contributed by atoms with Crippen LogP contribution in [0.1, 0.15) is 26.7 Å². The third kappa shape index (κ3) is 3.34. The van der Waals surface area contributed by atoms with Crippen molar-refractivity contribution in [2.45, 2.75) is 39.3 Å². The summed E-state index contributed by atoms with van der Waals surface area (Å²) in [5.74, 6) is -0.245. The molecule has 0 bridgehead atoms. The molecular formula is C14H22N4O3. The molecule has 1 aliphatic rings. The van der Waals surface area contributed by atoms with Crippen LogP contribution >= 0.6 is 0 Å². The van der Waals surface area contributed by atoms with Crippen LogP contribution < -0.4 is 10.6 Å². The van der Waals surface area contributed by atoms with E-state index in [0.29, 0.717) is 6.61 Å². The molecule has 2 N–H and O–H groups in total. The monoisotopic (exact) mass is 294 g/mol. The number of nitrogens with zero attached hydrogens (tertiary/aromatic N) is 2. The van der Waals surface area contributed by atoms with Crippen molar-refractivity contribution in [3.63, 3.8) is 0 Å². The van der Waals surface area contributed by atoms with E-state index in [1.807, 2.05) is 13.8 Å². The number of nitrogens with one attached hydrogen (secondary N) is 2. The molecule has 0 spiro atoms. The SMILES string of the molecule is CCOC(=O)C1(C(C)Nc2cnn(CC(=O)NC)c2)CC1. The third-order valence-corrected chi connectivity index (χ3v) is 3.90. The van der Waals surface area contributed by atoms with E-state index in [-0.39, 0.29) is 24.5 Å². The number of hydrogen-bond acceptors (Lipinski definition) is 5. The first-order chi connectivity index (χ1) is 10.0. The van der Waals surface area contributed by atoms with E-state index in [2.05, 4.69) is 15.7 Å². The first-order valence-electron chi connectivity index (χ1n) is 7.18. The molecule has 7 nitrogen and oxygen atoms in total. The average Bonchev–Trinajstić information content (AvgIpc) is 3.17. The summed E-state index contributed by atoms with van der Waals surface area (Å²) in [6.07, 6.45) is 5.09. The first kappa shape index (κ1) is 15.3. The number of rotatable bonds is 7. The van der Waals surface area contributed by atoms with Gasteiger partial charge in [-0.3, -0.25) is 14.3 Å². The second-order valence-corrected chi connectivity index (χ2v) is 5.34. The van der Waals surface area contributed by atoms with Crippen LogP contribution in [0.3, 0.4) is 0 Å². The molecule has 1 heterocycles. The lowest BCUT2D eigenvalue weighted by atomic mass is 9.98. The minimum absolute atomic E-state index is 0.0331. The lowest BCUT2D eigenvalue weighted by molar-refractivity contribution is -0.150. The number of carbonyl (C=O) groups is 2. The summed E-state index contributed by atoms with van der Waals surface area (Å²) < 4.78 is 6.70. The molecule has 1 unspecified atom stereocenters. The fraction of sp³-hybridized carbons (Fsp3) is 0.643. The predicted molar refractivity (Wildman–Crippen MR) is 77.7 cm³/mol. The molecular weight excluding hydrogens is 272 g/mol. The van der Waals surface area contributed by atoms with Gasteiger partial charge in [-0.2, -0.15) is 5.10 Å². The van der Waals surface area contributed by atoms with Crippen LogP contribution in [0.25, 0.3) is 0 Å². The summed E-state index contributed by atoms with van der Waals surface area (Å²) in [6.45, 7) is 4.36. The zero-order valence-corrected chi connectivity index (χ0v) is 12.7. The number of likely N-dealkylation sites (N-methyl/N-ethyl adjacent to an activating group) is 1. The minimum Gasteiger partial charge on any atom is -0.466 e. The Balaban J connectivity index is 1.95. The van der Waals surface area contributed by atoms with Gasteiger partial charge in [-0.25, -0.2) is 0 Å². The van der Waals surface area contributed by atoms with Crippen LogP contribution in [0.5, 0.6) is 0 Å². The van der Waals surface area contributed by atoms with Gasteiger partial charge in [0, 0.05) is 19.3 Å². The molecule has 2 rings (SSSR count). The summed E-state index contributed by atoms with van der Waals surface area (Å²) in [6, 6.07) is -0.0331. The van der Waals surface area contributed by atoms with Crippen molar-refractivity contribution in [2.75, 3.05) is 19.0 Å². The van der Waals surface area contributed by atoms with Gasteiger partial charge in [0.25, 0.3) is 0 Å². The summed E-state index contributed by atoms with van der Waals surface area (Å²) in [5.41, 5.74) is 0.376. The molecule has 21 heavy (non-hydrogen) atoms. The third-order valence-electron chi connectivity index (χ3n) is 3.90. The minimum atomic E-state index is -0.418. The Kier molecular flexibility index (Phi) is 4.50. The van der Waals surface area contributed by atoms with E-state index < -0.39 is 5.41 Å². The Labute approximate surface area is 124 Å². The number of carbonyl (C=O) groups excluding carboxylic acids is 2. The van der Waals surface area contributed by atoms with Gasteiger partial charge in [-0.05, 0) is 26.7 Å². The van der Waals surface area contributed by atoms with Crippen molar-refractivity contribution in [2.24, 2.45) is 5.41 Å². The van der Waals surface area contributed by atoms with Gasteiger partial charge in [0.1, 0.15) is 6.54 Å². The number of esters is 1. The summed E-state index contributed by atoms with van der Waals surface area (Å²) >= 11 is 0. The highest BCUT2D eigenvalue weighted by atomic mass is 16.5. The zero-order chi connectivity index (χ0) is 15.5. The Hall–Kier alpha value is -2.05. The Morgan fingerprint density at radius 2 is 2.24 bits per heavy atom. The van der Waals surface area contributed by atoms with Gasteiger partial charge in [-0.15, -0.1) is 0 Å². The highest BCUT2D eigenvalue weighted by Gasteiger charge is 2.55. The summed E-state index contributed by atoms with van der Waals surface area (Å²) in [5, 5.41) is 9.94.